The Morgan fingerprint density at radius 3 is 2.71 bits per heavy atom. The minimum absolute atomic E-state index is 0.251. The lowest BCUT2D eigenvalue weighted by Crippen LogP contribution is -2.31. The second-order valence-corrected chi connectivity index (χ2v) is 6.36. The average Bonchev–Trinajstić information content (AvgIpc) is 2.52. The lowest BCUT2D eigenvalue weighted by Gasteiger charge is -2.40. The lowest BCUT2D eigenvalue weighted by atomic mass is 9.67. The summed E-state index contributed by atoms with van der Waals surface area (Å²) in [7, 11) is 1.42. The van der Waals surface area contributed by atoms with Gasteiger partial charge in [-0.05, 0) is 55.9 Å². The molecular formula is C18H28O3. The smallest absolute Gasteiger partial charge is 0.330 e. The molecule has 0 atom stereocenters. The van der Waals surface area contributed by atoms with Crippen LogP contribution in [0.2, 0.25) is 0 Å². The van der Waals surface area contributed by atoms with E-state index in [-0.39, 0.29) is 5.97 Å². The summed E-state index contributed by atoms with van der Waals surface area (Å²) in [4.78, 5) is 11.3. The van der Waals surface area contributed by atoms with E-state index in [0.717, 1.165) is 25.0 Å². The molecule has 0 aromatic rings. The van der Waals surface area contributed by atoms with E-state index in [1.807, 2.05) is 0 Å². The van der Waals surface area contributed by atoms with Gasteiger partial charge in [-0.25, -0.2) is 4.79 Å². The van der Waals surface area contributed by atoms with Crippen molar-refractivity contribution in [3.05, 3.63) is 23.8 Å². The second-order valence-electron chi connectivity index (χ2n) is 6.36. The molecule has 1 saturated carbocycles. The monoisotopic (exact) mass is 292 g/mol. The van der Waals surface area contributed by atoms with Gasteiger partial charge < -0.3 is 9.47 Å². The van der Waals surface area contributed by atoms with Crippen molar-refractivity contribution >= 4 is 5.97 Å². The molecule has 0 aliphatic heterocycles. The van der Waals surface area contributed by atoms with Crippen LogP contribution in [0.5, 0.6) is 0 Å². The van der Waals surface area contributed by atoms with E-state index in [1.54, 1.807) is 6.08 Å². The predicted octanol–water partition coefficient (Wildman–Crippen LogP) is 4.18. The minimum atomic E-state index is -0.251. The number of methoxy groups -OCH3 is 1. The van der Waals surface area contributed by atoms with Gasteiger partial charge in [0.15, 0.2) is 0 Å². The number of ether oxygens (including phenoxy) is 2. The Balaban J connectivity index is 1.83. The number of rotatable bonds is 5. The zero-order valence-corrected chi connectivity index (χ0v) is 13.4. The molecule has 0 aromatic heterocycles. The molecular weight excluding hydrogens is 264 g/mol. The third-order valence-corrected chi connectivity index (χ3v) is 4.85. The van der Waals surface area contributed by atoms with Gasteiger partial charge in [0, 0.05) is 12.7 Å². The first-order valence-electron chi connectivity index (χ1n) is 8.27. The van der Waals surface area contributed by atoms with Crippen LogP contribution >= 0.6 is 0 Å². The van der Waals surface area contributed by atoms with Crippen molar-refractivity contribution in [2.45, 2.75) is 64.4 Å². The first-order valence-corrected chi connectivity index (χ1v) is 8.27. The van der Waals surface area contributed by atoms with Crippen molar-refractivity contribution in [3.63, 3.8) is 0 Å². The maximum Gasteiger partial charge on any atom is 0.330 e. The molecule has 0 unspecified atom stereocenters. The molecule has 118 valence electrons. The van der Waals surface area contributed by atoms with Crippen LogP contribution in [-0.4, -0.2) is 25.8 Å². The molecule has 3 heteroatoms. The molecule has 2 aliphatic rings. The molecule has 0 heterocycles. The van der Waals surface area contributed by atoms with Crippen molar-refractivity contribution in [3.8, 4) is 0 Å². The highest BCUT2D eigenvalue weighted by molar-refractivity contribution is 5.83. The Morgan fingerprint density at radius 2 is 2.14 bits per heavy atom. The molecule has 0 aromatic carbocycles. The highest BCUT2D eigenvalue weighted by Gasteiger charge is 2.34. The third-order valence-electron chi connectivity index (χ3n) is 4.85. The summed E-state index contributed by atoms with van der Waals surface area (Å²) in [6.07, 6.45) is 15.8. The van der Waals surface area contributed by atoms with Gasteiger partial charge in [0.05, 0.1) is 13.2 Å². The number of allylic oxidation sites excluding steroid dienone is 3. The summed E-state index contributed by atoms with van der Waals surface area (Å²) >= 11 is 0. The quantitative estimate of drug-likeness (QED) is 0.433. The van der Waals surface area contributed by atoms with Crippen molar-refractivity contribution in [2.24, 2.45) is 5.41 Å². The molecule has 0 radical (unpaired) electrons. The van der Waals surface area contributed by atoms with Gasteiger partial charge in [-0.1, -0.05) is 25.5 Å². The van der Waals surface area contributed by atoms with Gasteiger partial charge in [0.1, 0.15) is 0 Å². The Kier molecular flexibility index (Phi) is 6.04. The minimum Gasteiger partial charge on any atom is -0.466 e. The first-order chi connectivity index (χ1) is 10.2. The fourth-order valence-corrected chi connectivity index (χ4v) is 3.32. The van der Waals surface area contributed by atoms with Crippen LogP contribution in [0.3, 0.4) is 0 Å². The van der Waals surface area contributed by atoms with E-state index in [4.69, 9.17) is 4.74 Å². The fraction of sp³-hybridized carbons (Fsp3) is 0.722. The standard InChI is InChI=1S/C18H28O3/c1-3-4-13-21-16-7-11-18(12-8-16)9-5-15(6-10-18)14-17(19)20-2/h5,9,14,16H,3-4,6-8,10-13H2,1-2H3/b15-14-. The van der Waals surface area contributed by atoms with E-state index in [1.165, 1.54) is 45.6 Å². The number of hydrogen-bond donors (Lipinski definition) is 0. The third kappa shape index (κ3) is 4.70. The van der Waals surface area contributed by atoms with Crippen LogP contribution in [0, 0.1) is 5.41 Å². The van der Waals surface area contributed by atoms with E-state index in [2.05, 4.69) is 23.8 Å². The van der Waals surface area contributed by atoms with E-state index >= 15 is 0 Å². The van der Waals surface area contributed by atoms with Crippen LogP contribution < -0.4 is 0 Å². The Labute approximate surface area is 128 Å². The maximum absolute atomic E-state index is 11.3. The topological polar surface area (TPSA) is 35.5 Å². The van der Waals surface area contributed by atoms with Gasteiger partial charge in [-0.15, -0.1) is 0 Å². The zero-order chi connectivity index (χ0) is 15.1. The highest BCUT2D eigenvalue weighted by atomic mass is 16.5. The summed E-state index contributed by atoms with van der Waals surface area (Å²) in [5.41, 5.74) is 1.44. The number of hydrogen-bond acceptors (Lipinski definition) is 3. The SMILES string of the molecule is CCCCOC1CCC2(C=C/C(=C/C(=O)OC)CC2)CC1. The normalized spacial score (nSPS) is 30.8. The van der Waals surface area contributed by atoms with Gasteiger partial charge in [-0.2, -0.15) is 0 Å². The van der Waals surface area contributed by atoms with Crippen LogP contribution in [0.25, 0.3) is 0 Å². The van der Waals surface area contributed by atoms with Crippen molar-refractivity contribution in [1.82, 2.24) is 0 Å². The second kappa shape index (κ2) is 7.79. The van der Waals surface area contributed by atoms with Gasteiger partial charge >= 0.3 is 5.97 Å². The predicted molar refractivity (Wildman–Crippen MR) is 84.0 cm³/mol. The Bertz CT molecular complexity index is 401. The molecule has 1 fully saturated rings. The molecule has 2 aliphatic carbocycles. The summed E-state index contributed by atoms with van der Waals surface area (Å²) in [5, 5.41) is 0. The summed E-state index contributed by atoms with van der Waals surface area (Å²) in [5.74, 6) is -0.251. The lowest BCUT2D eigenvalue weighted by molar-refractivity contribution is -0.134. The summed E-state index contributed by atoms with van der Waals surface area (Å²) in [6.45, 7) is 3.11. The van der Waals surface area contributed by atoms with Crippen molar-refractivity contribution in [1.29, 1.82) is 0 Å². The molecule has 3 nitrogen and oxygen atoms in total. The van der Waals surface area contributed by atoms with E-state index < -0.39 is 0 Å². The molecule has 21 heavy (non-hydrogen) atoms. The van der Waals surface area contributed by atoms with Crippen molar-refractivity contribution < 1.29 is 14.3 Å². The van der Waals surface area contributed by atoms with E-state index in [0.29, 0.717) is 11.5 Å². The molecule has 0 saturated heterocycles. The van der Waals surface area contributed by atoms with Crippen molar-refractivity contribution in [2.75, 3.05) is 13.7 Å². The molecule has 0 bridgehead atoms. The van der Waals surface area contributed by atoms with Gasteiger partial charge in [0.25, 0.3) is 0 Å². The Morgan fingerprint density at radius 1 is 1.38 bits per heavy atom. The molecule has 0 amide bonds. The van der Waals surface area contributed by atoms with Crippen LogP contribution in [0.15, 0.2) is 23.8 Å². The Hall–Kier alpha value is -1.09. The number of carbonyl (C=O) groups excluding carboxylic acids is 1. The number of esters is 1. The average molecular weight is 292 g/mol. The summed E-state index contributed by atoms with van der Waals surface area (Å²) < 4.78 is 10.6. The molecule has 0 N–H and O–H groups in total. The molecule has 2 rings (SSSR count). The number of unbranched alkanes of at least 4 members (excludes halogenated alkanes) is 1. The van der Waals surface area contributed by atoms with E-state index in [9.17, 15) is 4.79 Å². The van der Waals surface area contributed by atoms with Crippen LogP contribution in [0.1, 0.15) is 58.3 Å². The van der Waals surface area contributed by atoms with Crippen LogP contribution in [0.4, 0.5) is 0 Å². The largest absolute Gasteiger partial charge is 0.466 e. The zero-order valence-electron chi connectivity index (χ0n) is 13.4. The van der Waals surface area contributed by atoms with Gasteiger partial charge in [-0.3, -0.25) is 0 Å². The van der Waals surface area contributed by atoms with Gasteiger partial charge in [0.2, 0.25) is 0 Å². The highest BCUT2D eigenvalue weighted by Crippen LogP contribution is 2.45. The summed E-state index contributed by atoms with van der Waals surface area (Å²) in [6, 6.07) is 0. The number of carbonyl (C=O) groups is 1. The fourth-order valence-electron chi connectivity index (χ4n) is 3.32. The first kappa shape index (κ1) is 16.3. The maximum atomic E-state index is 11.3. The molecule has 1 spiro atoms. The van der Waals surface area contributed by atoms with Crippen LogP contribution in [-0.2, 0) is 14.3 Å².